The number of rotatable bonds is 1. The third-order valence-electron chi connectivity index (χ3n) is 3.61. The first-order valence-corrected chi connectivity index (χ1v) is 7.29. The van der Waals surface area contributed by atoms with Crippen LogP contribution in [-0.4, -0.2) is 37.5 Å². The van der Waals surface area contributed by atoms with Crippen LogP contribution in [0.2, 0.25) is 0 Å². The third kappa shape index (κ3) is 4.22. The third-order valence-corrected chi connectivity index (χ3v) is 3.61. The van der Waals surface area contributed by atoms with Crippen molar-refractivity contribution in [2.24, 2.45) is 0 Å². The highest BCUT2D eigenvalue weighted by Gasteiger charge is 2.28. The normalized spacial score (nSPS) is 16.9. The van der Waals surface area contributed by atoms with Crippen LogP contribution in [0.25, 0.3) is 0 Å². The van der Waals surface area contributed by atoms with Gasteiger partial charge in [0.05, 0.1) is 0 Å². The van der Waals surface area contributed by atoms with Gasteiger partial charge < -0.3 is 9.64 Å². The summed E-state index contributed by atoms with van der Waals surface area (Å²) >= 11 is 0. The van der Waals surface area contributed by atoms with Crippen LogP contribution in [0.1, 0.15) is 45.1 Å². The fourth-order valence-corrected chi connectivity index (χ4v) is 2.57. The van der Waals surface area contributed by atoms with Crippen LogP contribution < -0.4 is 5.46 Å². The van der Waals surface area contributed by atoms with Gasteiger partial charge in [0.25, 0.3) is 0 Å². The number of carbonyl (C=O) groups excluding carboxylic acids is 1. The van der Waals surface area contributed by atoms with E-state index in [1.54, 1.807) is 17.0 Å². The van der Waals surface area contributed by atoms with E-state index in [4.69, 9.17) is 12.6 Å². The quantitative estimate of drug-likeness (QED) is 0.744. The number of benzene rings is 1. The average molecular weight is 289 g/mol. The lowest BCUT2D eigenvalue weighted by Crippen LogP contribution is -2.41. The number of carbonyl (C=O) groups is 1. The summed E-state index contributed by atoms with van der Waals surface area (Å²) in [6.07, 6.45) is 1.18. The van der Waals surface area contributed by atoms with Gasteiger partial charge in [-0.2, -0.15) is 0 Å². The number of ether oxygens (including phenoxy) is 1. The molecular weight excluding hydrogens is 268 g/mol. The standard InChI is InChI=1S/C16H21BFNO2/c1-16(2,3)21-15(20)19-8-6-11(7-9-19)13-5-4-12(17)10-14(13)18/h4-5,10-11H,6-9H2,1-3H3. The number of hydrogen-bond acceptors (Lipinski definition) is 2. The van der Waals surface area contributed by atoms with Gasteiger partial charge in [-0.25, -0.2) is 9.18 Å². The first-order chi connectivity index (χ1) is 9.76. The number of piperidine rings is 1. The lowest BCUT2D eigenvalue weighted by atomic mass is 9.86. The summed E-state index contributed by atoms with van der Waals surface area (Å²) < 4.78 is 19.3. The molecule has 0 saturated carbocycles. The molecule has 0 N–H and O–H groups in total. The van der Waals surface area contributed by atoms with Gasteiger partial charge >= 0.3 is 6.09 Å². The van der Waals surface area contributed by atoms with Gasteiger partial charge in [0.1, 0.15) is 19.3 Å². The molecule has 2 radical (unpaired) electrons. The maximum Gasteiger partial charge on any atom is 0.410 e. The predicted molar refractivity (Wildman–Crippen MR) is 81.6 cm³/mol. The molecule has 5 heteroatoms. The zero-order valence-electron chi connectivity index (χ0n) is 12.9. The van der Waals surface area contributed by atoms with Gasteiger partial charge in [-0.1, -0.05) is 17.6 Å². The van der Waals surface area contributed by atoms with Crippen LogP contribution in [0.15, 0.2) is 18.2 Å². The van der Waals surface area contributed by atoms with Crippen LogP contribution in [0.3, 0.4) is 0 Å². The molecular formula is C16H21BFNO2. The molecule has 1 aromatic carbocycles. The molecule has 1 amide bonds. The molecule has 0 bridgehead atoms. The van der Waals surface area contributed by atoms with E-state index < -0.39 is 5.60 Å². The molecule has 0 aromatic heterocycles. The summed E-state index contributed by atoms with van der Waals surface area (Å²) in [5.74, 6) is -0.130. The van der Waals surface area contributed by atoms with Crippen molar-refractivity contribution in [3.8, 4) is 0 Å². The predicted octanol–water partition coefficient (Wildman–Crippen LogP) is 2.73. The molecule has 1 heterocycles. The molecule has 1 aromatic rings. The molecule has 2 rings (SSSR count). The Morgan fingerprint density at radius 2 is 1.95 bits per heavy atom. The maximum atomic E-state index is 13.9. The molecule has 0 unspecified atom stereocenters. The Morgan fingerprint density at radius 1 is 1.33 bits per heavy atom. The highest BCUT2D eigenvalue weighted by Crippen LogP contribution is 2.29. The van der Waals surface area contributed by atoms with E-state index in [-0.39, 0.29) is 17.8 Å². The van der Waals surface area contributed by atoms with Gasteiger partial charge in [0, 0.05) is 13.1 Å². The molecule has 0 atom stereocenters. The van der Waals surface area contributed by atoms with Crippen molar-refractivity contribution in [3.05, 3.63) is 29.6 Å². The summed E-state index contributed by atoms with van der Waals surface area (Å²) in [5.41, 5.74) is 0.632. The molecule has 0 aliphatic carbocycles. The van der Waals surface area contributed by atoms with Crippen LogP contribution >= 0.6 is 0 Å². The molecule has 3 nitrogen and oxygen atoms in total. The van der Waals surface area contributed by atoms with Crippen molar-refractivity contribution in [3.63, 3.8) is 0 Å². The minimum Gasteiger partial charge on any atom is -0.444 e. The average Bonchev–Trinajstić information content (AvgIpc) is 2.37. The Morgan fingerprint density at radius 3 is 2.48 bits per heavy atom. The highest BCUT2D eigenvalue weighted by molar-refractivity contribution is 6.32. The second-order valence-corrected chi connectivity index (χ2v) is 6.52. The van der Waals surface area contributed by atoms with Crippen molar-refractivity contribution in [2.75, 3.05) is 13.1 Å². The lowest BCUT2D eigenvalue weighted by molar-refractivity contribution is 0.0204. The SMILES string of the molecule is [B]c1ccc(C2CCN(C(=O)OC(C)(C)C)CC2)c(F)c1. The molecule has 1 fully saturated rings. The molecule has 112 valence electrons. The smallest absolute Gasteiger partial charge is 0.410 e. The second kappa shape index (κ2) is 6.08. The topological polar surface area (TPSA) is 29.5 Å². The summed E-state index contributed by atoms with van der Waals surface area (Å²) in [6.45, 7) is 6.72. The van der Waals surface area contributed by atoms with Gasteiger partial charge in [-0.05, 0) is 51.2 Å². The monoisotopic (exact) mass is 289 g/mol. The molecule has 0 spiro atoms. The summed E-state index contributed by atoms with van der Waals surface area (Å²) in [7, 11) is 5.57. The Labute approximate surface area is 126 Å². The van der Waals surface area contributed by atoms with E-state index in [0.717, 1.165) is 12.8 Å². The number of hydrogen-bond donors (Lipinski definition) is 0. The molecule has 1 aliphatic heterocycles. The van der Waals surface area contributed by atoms with Crippen molar-refractivity contribution in [1.29, 1.82) is 0 Å². The summed E-state index contributed by atoms with van der Waals surface area (Å²) in [4.78, 5) is 13.7. The summed E-state index contributed by atoms with van der Waals surface area (Å²) in [6, 6.07) is 4.83. The van der Waals surface area contributed by atoms with Gasteiger partial charge in [-0.15, -0.1) is 0 Å². The first-order valence-electron chi connectivity index (χ1n) is 7.29. The fraction of sp³-hybridized carbons (Fsp3) is 0.562. The zero-order chi connectivity index (χ0) is 15.6. The number of likely N-dealkylation sites (tertiary alicyclic amines) is 1. The molecule has 1 saturated heterocycles. The summed E-state index contributed by atoms with van der Waals surface area (Å²) in [5, 5.41) is 0. The zero-order valence-corrected chi connectivity index (χ0v) is 12.9. The van der Waals surface area contributed by atoms with E-state index >= 15 is 0 Å². The molecule has 21 heavy (non-hydrogen) atoms. The maximum absolute atomic E-state index is 13.9. The van der Waals surface area contributed by atoms with Crippen molar-refractivity contribution in [1.82, 2.24) is 4.90 Å². The van der Waals surface area contributed by atoms with Crippen LogP contribution in [0.4, 0.5) is 9.18 Å². The number of amides is 1. The van der Waals surface area contributed by atoms with E-state index in [1.165, 1.54) is 6.07 Å². The van der Waals surface area contributed by atoms with Gasteiger partial charge in [0.15, 0.2) is 0 Å². The number of nitrogens with zero attached hydrogens (tertiary/aromatic N) is 1. The minimum atomic E-state index is -0.489. The van der Waals surface area contributed by atoms with Crippen molar-refractivity contribution in [2.45, 2.75) is 45.1 Å². The molecule has 1 aliphatic rings. The first kappa shape index (κ1) is 15.9. The second-order valence-electron chi connectivity index (χ2n) is 6.52. The number of halogens is 1. The van der Waals surface area contributed by atoms with Gasteiger partial charge in [0.2, 0.25) is 0 Å². The van der Waals surface area contributed by atoms with E-state index in [9.17, 15) is 9.18 Å². The van der Waals surface area contributed by atoms with Crippen LogP contribution in [0.5, 0.6) is 0 Å². The minimum absolute atomic E-state index is 0.129. The van der Waals surface area contributed by atoms with Crippen LogP contribution in [-0.2, 0) is 4.74 Å². The Balaban J connectivity index is 1.95. The van der Waals surface area contributed by atoms with E-state index in [1.807, 2.05) is 20.8 Å². The Kier molecular flexibility index (Phi) is 4.59. The van der Waals surface area contributed by atoms with Crippen molar-refractivity contribution >= 4 is 19.4 Å². The lowest BCUT2D eigenvalue weighted by Gasteiger charge is -2.33. The largest absolute Gasteiger partial charge is 0.444 e. The highest BCUT2D eigenvalue weighted by atomic mass is 19.1. The van der Waals surface area contributed by atoms with E-state index in [2.05, 4.69) is 0 Å². The van der Waals surface area contributed by atoms with E-state index in [0.29, 0.717) is 24.1 Å². The van der Waals surface area contributed by atoms with Crippen LogP contribution in [0, 0.1) is 5.82 Å². The fourth-order valence-electron chi connectivity index (χ4n) is 2.57. The van der Waals surface area contributed by atoms with Gasteiger partial charge in [-0.3, -0.25) is 0 Å². The van der Waals surface area contributed by atoms with Crippen molar-refractivity contribution < 1.29 is 13.9 Å². The Hall–Kier alpha value is -1.52. The Bertz CT molecular complexity index is 519.